The van der Waals surface area contributed by atoms with E-state index in [0.717, 1.165) is 21.1 Å². The number of carbonyl (C=O) groups excluding carboxylic acids is 1. The number of amides is 1. The van der Waals surface area contributed by atoms with Gasteiger partial charge in [0.2, 0.25) is 0 Å². The van der Waals surface area contributed by atoms with E-state index in [9.17, 15) is 4.79 Å². The third kappa shape index (κ3) is 3.23. The molecule has 0 saturated carbocycles. The smallest absolute Gasteiger partial charge is 0.260 e. The molecule has 0 unspecified atom stereocenters. The Morgan fingerprint density at radius 1 is 1.23 bits per heavy atom. The number of rotatable bonds is 4. The minimum atomic E-state index is -0.202. The number of fused-ring (bicyclic) bond motifs is 1. The number of carbonyl (C=O) groups is 1. The van der Waals surface area contributed by atoms with Crippen LogP contribution in [0, 0.1) is 0 Å². The van der Waals surface area contributed by atoms with Gasteiger partial charge in [0.25, 0.3) is 5.91 Å². The molecule has 5 nitrogen and oxygen atoms in total. The average molecular weight is 357 g/mol. The van der Waals surface area contributed by atoms with Gasteiger partial charge in [-0.2, -0.15) is 5.10 Å². The monoisotopic (exact) mass is 356 g/mol. The number of nitrogens with zero attached hydrogens (tertiary/aromatic N) is 3. The minimum Gasteiger partial charge on any atom is -0.321 e. The third-order valence-electron chi connectivity index (χ3n) is 3.14. The fourth-order valence-electron chi connectivity index (χ4n) is 2.08. The number of hydrogen-bond acceptors (Lipinski definition) is 3. The van der Waals surface area contributed by atoms with Crippen LogP contribution in [-0.4, -0.2) is 21.7 Å². The molecular weight excluding hydrogens is 344 g/mol. The summed E-state index contributed by atoms with van der Waals surface area (Å²) in [6.07, 6.45) is 3.26. The second-order valence-electron chi connectivity index (χ2n) is 4.68. The summed E-state index contributed by atoms with van der Waals surface area (Å²) in [5.74, 6) is -0.202. The Balaban J connectivity index is 1.65. The van der Waals surface area contributed by atoms with Crippen LogP contribution in [0.1, 0.15) is 5.56 Å². The number of hydrogen-bond donors (Lipinski definition) is 1. The van der Waals surface area contributed by atoms with Crippen LogP contribution in [0.2, 0.25) is 0 Å². The predicted octanol–water partition coefficient (Wildman–Crippen LogP) is 2.95. The molecule has 1 amide bonds. The third-order valence-corrected chi connectivity index (χ3v) is 3.86. The molecule has 0 bridgehead atoms. The molecule has 3 rings (SSSR count). The Morgan fingerprint density at radius 3 is 2.86 bits per heavy atom. The van der Waals surface area contributed by atoms with E-state index in [0.29, 0.717) is 0 Å². The van der Waals surface area contributed by atoms with E-state index in [1.54, 1.807) is 17.1 Å². The van der Waals surface area contributed by atoms with Crippen molar-refractivity contribution < 1.29 is 4.79 Å². The van der Waals surface area contributed by atoms with Gasteiger partial charge in [-0.25, -0.2) is 10.4 Å². The molecule has 1 aromatic heterocycles. The maximum absolute atomic E-state index is 11.9. The SMILES string of the molecule is O=C(Cn1cnc2ccccc21)N/N=C\c1ccccc1Br. The zero-order chi connectivity index (χ0) is 15.4. The van der Waals surface area contributed by atoms with Gasteiger partial charge in [0.15, 0.2) is 0 Å². The summed E-state index contributed by atoms with van der Waals surface area (Å²) >= 11 is 3.42. The van der Waals surface area contributed by atoms with Crippen LogP contribution in [-0.2, 0) is 11.3 Å². The molecule has 0 atom stereocenters. The Bertz CT molecular complexity index is 841. The van der Waals surface area contributed by atoms with Gasteiger partial charge in [0.1, 0.15) is 6.54 Å². The highest BCUT2D eigenvalue weighted by atomic mass is 79.9. The minimum absolute atomic E-state index is 0.174. The van der Waals surface area contributed by atoms with E-state index in [1.165, 1.54) is 0 Å². The Labute approximate surface area is 135 Å². The van der Waals surface area contributed by atoms with E-state index >= 15 is 0 Å². The molecule has 0 spiro atoms. The summed E-state index contributed by atoms with van der Waals surface area (Å²) in [5.41, 5.74) is 5.21. The van der Waals surface area contributed by atoms with Gasteiger partial charge < -0.3 is 4.57 Å². The van der Waals surface area contributed by atoms with Crippen molar-refractivity contribution in [3.63, 3.8) is 0 Å². The highest BCUT2D eigenvalue weighted by molar-refractivity contribution is 9.10. The standard InChI is InChI=1S/C16H13BrN4O/c17-13-6-2-1-5-12(13)9-19-20-16(22)10-21-11-18-14-7-3-4-8-15(14)21/h1-9,11H,10H2,(H,20,22)/b19-9-. The Kier molecular flexibility index (Phi) is 4.29. The first-order valence-electron chi connectivity index (χ1n) is 6.70. The lowest BCUT2D eigenvalue weighted by Gasteiger charge is -2.03. The largest absolute Gasteiger partial charge is 0.321 e. The van der Waals surface area contributed by atoms with Crippen molar-refractivity contribution in [1.82, 2.24) is 15.0 Å². The number of nitrogens with one attached hydrogen (secondary N) is 1. The summed E-state index contributed by atoms with van der Waals surface area (Å²) in [7, 11) is 0. The number of hydrazone groups is 1. The second-order valence-corrected chi connectivity index (χ2v) is 5.53. The Hall–Kier alpha value is -2.47. The first-order valence-corrected chi connectivity index (χ1v) is 7.49. The van der Waals surface area contributed by atoms with Crippen LogP contribution >= 0.6 is 15.9 Å². The molecule has 3 aromatic rings. The van der Waals surface area contributed by atoms with Crippen molar-refractivity contribution in [3.05, 3.63) is 64.9 Å². The van der Waals surface area contributed by atoms with Crippen molar-refractivity contribution in [2.45, 2.75) is 6.54 Å². The van der Waals surface area contributed by atoms with Crippen molar-refractivity contribution in [2.75, 3.05) is 0 Å². The summed E-state index contributed by atoms with van der Waals surface area (Å²) in [6.45, 7) is 0.174. The fraction of sp³-hybridized carbons (Fsp3) is 0.0625. The van der Waals surface area contributed by atoms with E-state index in [1.807, 2.05) is 48.5 Å². The number of aromatic nitrogens is 2. The molecule has 0 saturated heterocycles. The van der Waals surface area contributed by atoms with E-state index in [-0.39, 0.29) is 12.5 Å². The average Bonchev–Trinajstić information content (AvgIpc) is 2.92. The van der Waals surface area contributed by atoms with Crippen LogP contribution < -0.4 is 5.43 Å². The van der Waals surface area contributed by atoms with E-state index in [2.05, 4.69) is 31.4 Å². The summed E-state index contributed by atoms with van der Waals surface area (Å²) in [4.78, 5) is 16.2. The van der Waals surface area contributed by atoms with Gasteiger partial charge in [0.05, 0.1) is 23.6 Å². The van der Waals surface area contributed by atoms with Crippen molar-refractivity contribution in [1.29, 1.82) is 0 Å². The molecule has 0 fully saturated rings. The molecule has 1 N–H and O–H groups in total. The van der Waals surface area contributed by atoms with Gasteiger partial charge in [0, 0.05) is 10.0 Å². The first-order chi connectivity index (χ1) is 10.7. The number of imidazole rings is 1. The number of para-hydroxylation sites is 2. The van der Waals surface area contributed by atoms with Gasteiger partial charge in [-0.15, -0.1) is 0 Å². The first kappa shape index (κ1) is 14.5. The maximum Gasteiger partial charge on any atom is 0.260 e. The number of halogens is 1. The summed E-state index contributed by atoms with van der Waals surface area (Å²) in [6, 6.07) is 15.3. The quantitative estimate of drug-likeness (QED) is 0.577. The van der Waals surface area contributed by atoms with Crippen LogP contribution in [0.15, 0.2) is 64.4 Å². The molecule has 1 heterocycles. The highest BCUT2D eigenvalue weighted by Crippen LogP contribution is 2.13. The zero-order valence-corrected chi connectivity index (χ0v) is 13.2. The van der Waals surface area contributed by atoms with Crippen LogP contribution in [0.3, 0.4) is 0 Å². The molecule has 0 aliphatic carbocycles. The molecule has 110 valence electrons. The molecule has 0 radical (unpaired) electrons. The van der Waals surface area contributed by atoms with Crippen molar-refractivity contribution in [2.24, 2.45) is 5.10 Å². The lowest BCUT2D eigenvalue weighted by atomic mass is 10.2. The summed E-state index contributed by atoms with van der Waals surface area (Å²) in [5, 5.41) is 3.97. The van der Waals surface area contributed by atoms with E-state index < -0.39 is 0 Å². The van der Waals surface area contributed by atoms with Crippen LogP contribution in [0.5, 0.6) is 0 Å². The molecular formula is C16H13BrN4O. The van der Waals surface area contributed by atoms with E-state index in [4.69, 9.17) is 0 Å². The molecule has 0 aliphatic heterocycles. The van der Waals surface area contributed by atoms with Crippen molar-refractivity contribution >= 4 is 39.1 Å². The second kappa shape index (κ2) is 6.53. The molecule has 0 aliphatic rings. The zero-order valence-electron chi connectivity index (χ0n) is 11.6. The predicted molar refractivity (Wildman–Crippen MR) is 89.6 cm³/mol. The van der Waals surface area contributed by atoms with Crippen LogP contribution in [0.4, 0.5) is 0 Å². The van der Waals surface area contributed by atoms with Gasteiger partial charge in [-0.1, -0.05) is 46.3 Å². The van der Waals surface area contributed by atoms with Gasteiger partial charge in [-0.3, -0.25) is 4.79 Å². The topological polar surface area (TPSA) is 59.3 Å². The molecule has 22 heavy (non-hydrogen) atoms. The van der Waals surface area contributed by atoms with Gasteiger partial charge >= 0.3 is 0 Å². The number of benzene rings is 2. The van der Waals surface area contributed by atoms with Crippen molar-refractivity contribution in [3.8, 4) is 0 Å². The normalized spacial score (nSPS) is 11.1. The summed E-state index contributed by atoms with van der Waals surface area (Å²) < 4.78 is 2.71. The highest BCUT2D eigenvalue weighted by Gasteiger charge is 2.05. The lowest BCUT2D eigenvalue weighted by molar-refractivity contribution is -0.121. The fourth-order valence-corrected chi connectivity index (χ4v) is 2.47. The maximum atomic E-state index is 11.9. The molecule has 2 aromatic carbocycles. The van der Waals surface area contributed by atoms with Crippen LogP contribution in [0.25, 0.3) is 11.0 Å². The molecule has 6 heteroatoms. The van der Waals surface area contributed by atoms with Gasteiger partial charge in [-0.05, 0) is 18.2 Å². The Morgan fingerprint density at radius 2 is 2.00 bits per heavy atom. The lowest BCUT2D eigenvalue weighted by Crippen LogP contribution is -2.22.